The highest BCUT2D eigenvalue weighted by atomic mass is 16.5. The first-order valence-electron chi connectivity index (χ1n) is 4.11. The summed E-state index contributed by atoms with van der Waals surface area (Å²) in [7, 11) is 1.24. The predicted octanol–water partition coefficient (Wildman–Crippen LogP) is 1.81. The quantitative estimate of drug-likeness (QED) is 0.290. The molecule has 0 aliphatic heterocycles. The Balaban J connectivity index is 4.56. The van der Waals surface area contributed by atoms with Crippen LogP contribution in [0.5, 0.6) is 0 Å². The van der Waals surface area contributed by atoms with Crippen molar-refractivity contribution in [2.75, 3.05) is 7.11 Å². The molecule has 0 amide bonds. The fourth-order valence-corrected chi connectivity index (χ4v) is 0.824. The predicted molar refractivity (Wildman–Crippen MR) is 54.7 cm³/mol. The molecule has 0 saturated heterocycles. The van der Waals surface area contributed by atoms with Gasteiger partial charge in [-0.25, -0.2) is 0 Å². The van der Waals surface area contributed by atoms with Gasteiger partial charge in [-0.1, -0.05) is 24.8 Å². The molecule has 0 aromatic rings. The molecule has 14 heavy (non-hydrogen) atoms. The van der Waals surface area contributed by atoms with E-state index in [-0.39, 0.29) is 12.2 Å². The number of methoxy groups -OCH3 is 1. The first kappa shape index (κ1) is 12.4. The lowest BCUT2D eigenvalue weighted by molar-refractivity contribution is -0.142. The van der Waals surface area contributed by atoms with Gasteiger partial charge in [-0.05, 0) is 13.0 Å². The molecule has 0 fully saturated rings. The zero-order valence-corrected chi connectivity index (χ0v) is 8.50. The molecule has 76 valence electrons. The van der Waals surface area contributed by atoms with Crippen LogP contribution in [-0.2, 0) is 14.3 Å². The van der Waals surface area contributed by atoms with Crippen LogP contribution >= 0.6 is 0 Å². The Morgan fingerprint density at radius 3 is 2.36 bits per heavy atom. The SMILES string of the molecule is C=C/C(=C\C(=C)C)C(=O)CC(=O)OC. The Labute approximate surface area is 83.8 Å². The van der Waals surface area contributed by atoms with E-state index in [0.29, 0.717) is 5.57 Å². The number of ether oxygens (including phenoxy) is 1. The van der Waals surface area contributed by atoms with Gasteiger partial charge in [0.25, 0.3) is 0 Å². The maximum absolute atomic E-state index is 11.4. The fourth-order valence-electron chi connectivity index (χ4n) is 0.824. The van der Waals surface area contributed by atoms with Gasteiger partial charge in [0, 0.05) is 5.57 Å². The molecule has 0 aromatic carbocycles. The molecule has 0 unspecified atom stereocenters. The minimum atomic E-state index is -0.551. The van der Waals surface area contributed by atoms with Gasteiger partial charge >= 0.3 is 5.97 Å². The van der Waals surface area contributed by atoms with Gasteiger partial charge in [-0.3, -0.25) is 9.59 Å². The Hall–Kier alpha value is -1.64. The third kappa shape index (κ3) is 4.40. The molecule has 0 atom stereocenters. The van der Waals surface area contributed by atoms with E-state index in [1.165, 1.54) is 13.2 Å². The van der Waals surface area contributed by atoms with Crippen molar-refractivity contribution in [2.45, 2.75) is 13.3 Å². The summed E-state index contributed by atoms with van der Waals surface area (Å²) in [4.78, 5) is 22.2. The van der Waals surface area contributed by atoms with Crippen LogP contribution in [0.25, 0.3) is 0 Å². The summed E-state index contributed by atoms with van der Waals surface area (Å²) in [5.74, 6) is -0.862. The molecule has 3 nitrogen and oxygen atoms in total. The van der Waals surface area contributed by atoms with E-state index in [1.807, 2.05) is 0 Å². The minimum absolute atomic E-state index is 0.262. The highest BCUT2D eigenvalue weighted by Crippen LogP contribution is 2.06. The van der Waals surface area contributed by atoms with Crippen LogP contribution in [0.3, 0.4) is 0 Å². The lowest BCUT2D eigenvalue weighted by Gasteiger charge is -2.00. The average molecular weight is 194 g/mol. The van der Waals surface area contributed by atoms with E-state index >= 15 is 0 Å². The summed E-state index contributed by atoms with van der Waals surface area (Å²) >= 11 is 0. The van der Waals surface area contributed by atoms with Crippen molar-refractivity contribution in [3.63, 3.8) is 0 Å². The zero-order chi connectivity index (χ0) is 11.1. The number of ketones is 1. The molecule has 0 aromatic heterocycles. The van der Waals surface area contributed by atoms with E-state index in [2.05, 4.69) is 17.9 Å². The summed E-state index contributed by atoms with van der Waals surface area (Å²) in [5.41, 5.74) is 1.11. The molecule has 0 radical (unpaired) electrons. The van der Waals surface area contributed by atoms with Crippen LogP contribution in [-0.4, -0.2) is 18.9 Å². The summed E-state index contributed by atoms with van der Waals surface area (Å²) in [6.07, 6.45) is 2.72. The first-order valence-corrected chi connectivity index (χ1v) is 4.11. The molecule has 0 N–H and O–H groups in total. The molecule has 0 rings (SSSR count). The number of hydrogen-bond acceptors (Lipinski definition) is 3. The summed E-state index contributed by atoms with van der Waals surface area (Å²) in [6.45, 7) is 8.88. The highest BCUT2D eigenvalue weighted by Gasteiger charge is 2.11. The number of allylic oxidation sites excluding steroid dienone is 4. The van der Waals surface area contributed by atoms with Gasteiger partial charge in [0.2, 0.25) is 0 Å². The van der Waals surface area contributed by atoms with E-state index in [4.69, 9.17) is 0 Å². The number of esters is 1. The van der Waals surface area contributed by atoms with Crippen LogP contribution in [0.1, 0.15) is 13.3 Å². The van der Waals surface area contributed by atoms with Crippen LogP contribution in [0, 0.1) is 0 Å². The Kier molecular flexibility index (Phi) is 5.22. The average Bonchev–Trinajstić information content (AvgIpc) is 2.13. The minimum Gasteiger partial charge on any atom is -0.469 e. The van der Waals surface area contributed by atoms with Gasteiger partial charge in [0.15, 0.2) is 5.78 Å². The van der Waals surface area contributed by atoms with Crippen molar-refractivity contribution < 1.29 is 14.3 Å². The Morgan fingerprint density at radius 2 is 2.00 bits per heavy atom. The Morgan fingerprint density at radius 1 is 1.43 bits per heavy atom. The summed E-state index contributed by atoms with van der Waals surface area (Å²) in [5, 5.41) is 0. The molecule has 0 aliphatic carbocycles. The summed E-state index contributed by atoms with van der Waals surface area (Å²) in [6, 6.07) is 0. The second-order valence-electron chi connectivity index (χ2n) is 2.83. The van der Waals surface area contributed by atoms with Gasteiger partial charge in [-0.15, -0.1) is 0 Å². The first-order chi connectivity index (χ1) is 6.51. The van der Waals surface area contributed by atoms with Crippen molar-refractivity contribution in [3.05, 3.63) is 36.5 Å². The van der Waals surface area contributed by atoms with E-state index in [0.717, 1.165) is 5.57 Å². The number of rotatable bonds is 5. The van der Waals surface area contributed by atoms with Gasteiger partial charge < -0.3 is 4.74 Å². The normalized spacial score (nSPS) is 10.6. The van der Waals surface area contributed by atoms with E-state index in [9.17, 15) is 9.59 Å². The largest absolute Gasteiger partial charge is 0.469 e. The van der Waals surface area contributed by atoms with Crippen LogP contribution < -0.4 is 0 Å². The number of carbonyl (C=O) groups excluding carboxylic acids is 2. The zero-order valence-electron chi connectivity index (χ0n) is 8.50. The van der Waals surface area contributed by atoms with Crippen molar-refractivity contribution in [1.82, 2.24) is 0 Å². The number of carbonyl (C=O) groups is 2. The van der Waals surface area contributed by atoms with E-state index < -0.39 is 5.97 Å². The number of Topliss-reactive ketones (excluding diaryl/α,β-unsaturated/α-hetero) is 1. The second kappa shape index (κ2) is 5.91. The molecular formula is C11H14O3. The maximum Gasteiger partial charge on any atom is 0.313 e. The topological polar surface area (TPSA) is 43.4 Å². The molecule has 3 heteroatoms. The summed E-state index contributed by atoms with van der Waals surface area (Å²) < 4.78 is 4.38. The molecule has 0 aliphatic rings. The third-order valence-corrected chi connectivity index (χ3v) is 1.48. The standard InChI is InChI=1S/C11H14O3/c1-5-9(6-8(2)3)10(12)7-11(13)14-4/h5-6H,1-2,7H2,3-4H3/b9-6+. The molecule has 0 spiro atoms. The van der Waals surface area contributed by atoms with Crippen molar-refractivity contribution in [1.29, 1.82) is 0 Å². The second-order valence-corrected chi connectivity index (χ2v) is 2.83. The lowest BCUT2D eigenvalue weighted by atomic mass is 10.1. The third-order valence-electron chi connectivity index (χ3n) is 1.48. The van der Waals surface area contributed by atoms with E-state index in [1.54, 1.807) is 13.0 Å². The lowest BCUT2D eigenvalue weighted by Crippen LogP contribution is -2.10. The van der Waals surface area contributed by atoms with Crippen molar-refractivity contribution in [2.24, 2.45) is 0 Å². The molecule has 0 heterocycles. The monoisotopic (exact) mass is 194 g/mol. The molecule has 0 saturated carbocycles. The smallest absolute Gasteiger partial charge is 0.313 e. The van der Waals surface area contributed by atoms with Crippen LogP contribution in [0.15, 0.2) is 36.5 Å². The molecule has 0 bridgehead atoms. The van der Waals surface area contributed by atoms with Crippen LogP contribution in [0.4, 0.5) is 0 Å². The van der Waals surface area contributed by atoms with Gasteiger partial charge in [0.05, 0.1) is 7.11 Å². The molecular weight excluding hydrogens is 180 g/mol. The van der Waals surface area contributed by atoms with Gasteiger partial charge in [-0.2, -0.15) is 0 Å². The van der Waals surface area contributed by atoms with Crippen molar-refractivity contribution >= 4 is 11.8 Å². The number of hydrogen-bond donors (Lipinski definition) is 0. The highest BCUT2D eigenvalue weighted by molar-refractivity contribution is 6.07. The van der Waals surface area contributed by atoms with Gasteiger partial charge in [0.1, 0.15) is 6.42 Å². The van der Waals surface area contributed by atoms with Crippen LogP contribution in [0.2, 0.25) is 0 Å². The fraction of sp³-hybridized carbons (Fsp3) is 0.273. The Bertz CT molecular complexity index is 298. The van der Waals surface area contributed by atoms with Crippen molar-refractivity contribution in [3.8, 4) is 0 Å². The maximum atomic E-state index is 11.4.